The third-order valence-electron chi connectivity index (χ3n) is 10.8. The predicted molar refractivity (Wildman–Crippen MR) is 207 cm³/mol. The van der Waals surface area contributed by atoms with Crippen molar-refractivity contribution in [1.29, 1.82) is 0 Å². The molecule has 4 aromatic carbocycles. The van der Waals surface area contributed by atoms with Crippen LogP contribution >= 0.6 is 0 Å². The smallest absolute Gasteiger partial charge is 0.161 e. The van der Waals surface area contributed by atoms with Crippen molar-refractivity contribution >= 4 is 5.78 Å². The van der Waals surface area contributed by atoms with Gasteiger partial charge in [-0.1, -0.05) is 12.1 Å². The minimum absolute atomic E-state index is 0.0677. The Morgan fingerprint density at radius 1 is 0.481 bits per heavy atom. The molecule has 2 heterocycles. The summed E-state index contributed by atoms with van der Waals surface area (Å²) in [4.78, 5) is 20.3. The number of nitrogens with zero attached hydrogens (tertiary/aromatic N) is 2. The lowest BCUT2D eigenvalue weighted by Crippen LogP contribution is -2.41. The van der Waals surface area contributed by atoms with Gasteiger partial charge in [-0.25, -0.2) is 0 Å². The minimum Gasteiger partial charge on any atom is -0.497 e. The van der Waals surface area contributed by atoms with E-state index in [0.717, 1.165) is 59.7 Å². The van der Waals surface area contributed by atoms with E-state index in [9.17, 15) is 0 Å². The van der Waals surface area contributed by atoms with Crippen LogP contribution in [0.15, 0.2) is 60.7 Å². The number of carbonyl (C=O) groups is 1. The Morgan fingerprint density at radius 2 is 0.833 bits per heavy atom. The highest BCUT2D eigenvalue weighted by Crippen LogP contribution is 2.41. The van der Waals surface area contributed by atoms with Crippen molar-refractivity contribution in [1.82, 2.24) is 9.80 Å². The molecule has 2 unspecified atom stereocenters. The van der Waals surface area contributed by atoms with Gasteiger partial charge in [0, 0.05) is 62.5 Å². The minimum atomic E-state index is -0.550. The van der Waals surface area contributed by atoms with Gasteiger partial charge in [0.1, 0.15) is 23.0 Å². The van der Waals surface area contributed by atoms with Gasteiger partial charge in [-0.3, -0.25) is 14.6 Å². The molecule has 0 aliphatic carbocycles. The highest BCUT2D eigenvalue weighted by Gasteiger charge is 2.37. The number of methoxy groups -OCH3 is 8. The summed E-state index contributed by atoms with van der Waals surface area (Å²) in [6.07, 6.45) is 1.63. The van der Waals surface area contributed by atoms with Crippen LogP contribution in [0.25, 0.3) is 0 Å². The number of hydrogen-bond donors (Lipinski definition) is 0. The van der Waals surface area contributed by atoms with Crippen LogP contribution < -0.4 is 37.9 Å². The van der Waals surface area contributed by atoms with Crippen LogP contribution in [0.1, 0.15) is 45.2 Å². The standard InChI is InChI=1S/C43H52N2O9/c1-47-31-9-11-33(37(21-31)49-3)35(25-44-15-13-27-17-39(51-5)41(53-7)19-29(27)23-44)43(46)36(34-12-10-32(48-2)22-38(34)50-4)26-45-16-14-28-18-40(52-6)42(54-8)20-30(28)24-45/h9-12,17-22,35-36H,13-16,23-26H2,1-8H3. The summed E-state index contributed by atoms with van der Waals surface area (Å²) in [6, 6.07) is 19.7. The molecule has 4 aromatic rings. The Labute approximate surface area is 318 Å². The normalized spacial score (nSPS) is 15.3. The summed E-state index contributed by atoms with van der Waals surface area (Å²) < 4.78 is 45.5. The molecule has 0 N–H and O–H groups in total. The first kappa shape index (κ1) is 38.6. The van der Waals surface area contributed by atoms with E-state index in [1.54, 1.807) is 56.9 Å². The third-order valence-corrected chi connectivity index (χ3v) is 10.8. The zero-order chi connectivity index (χ0) is 38.4. The molecule has 0 aromatic heterocycles. The maximum Gasteiger partial charge on any atom is 0.161 e. The quantitative estimate of drug-likeness (QED) is 0.129. The molecule has 288 valence electrons. The lowest BCUT2D eigenvalue weighted by Gasteiger charge is -2.36. The first-order chi connectivity index (χ1) is 26.3. The van der Waals surface area contributed by atoms with Crippen LogP contribution in [-0.4, -0.2) is 98.6 Å². The lowest BCUT2D eigenvalue weighted by molar-refractivity contribution is -0.123. The van der Waals surface area contributed by atoms with Crippen molar-refractivity contribution in [2.75, 3.05) is 83.1 Å². The second-order valence-corrected chi connectivity index (χ2v) is 13.6. The maximum atomic E-state index is 15.6. The molecule has 0 saturated heterocycles. The fourth-order valence-corrected chi connectivity index (χ4v) is 7.85. The Bertz CT molecular complexity index is 1810. The Kier molecular flexibility index (Phi) is 12.4. The summed E-state index contributed by atoms with van der Waals surface area (Å²) in [7, 11) is 13.1. The summed E-state index contributed by atoms with van der Waals surface area (Å²) in [5, 5.41) is 0. The number of Topliss-reactive ketones (excluding diaryl/α,β-unsaturated/α-hetero) is 1. The largest absolute Gasteiger partial charge is 0.497 e. The Morgan fingerprint density at radius 3 is 1.17 bits per heavy atom. The fourth-order valence-electron chi connectivity index (χ4n) is 7.85. The van der Waals surface area contributed by atoms with Gasteiger partial charge in [0.2, 0.25) is 0 Å². The molecule has 6 rings (SSSR count). The topological polar surface area (TPSA) is 97.4 Å². The van der Waals surface area contributed by atoms with E-state index < -0.39 is 11.8 Å². The van der Waals surface area contributed by atoms with E-state index in [1.165, 1.54) is 11.1 Å². The molecule has 0 bridgehead atoms. The van der Waals surface area contributed by atoms with Crippen LogP contribution in [0.2, 0.25) is 0 Å². The van der Waals surface area contributed by atoms with Gasteiger partial charge in [-0.05, 0) is 71.5 Å². The third kappa shape index (κ3) is 8.02. The average Bonchev–Trinajstić information content (AvgIpc) is 3.22. The number of ketones is 1. The van der Waals surface area contributed by atoms with E-state index in [-0.39, 0.29) is 5.78 Å². The van der Waals surface area contributed by atoms with Crippen molar-refractivity contribution < 1.29 is 42.7 Å². The number of hydrogen-bond acceptors (Lipinski definition) is 11. The molecule has 54 heavy (non-hydrogen) atoms. The second-order valence-electron chi connectivity index (χ2n) is 13.6. The van der Waals surface area contributed by atoms with Gasteiger partial charge in [0.25, 0.3) is 0 Å². The van der Waals surface area contributed by atoms with Gasteiger partial charge < -0.3 is 37.9 Å². The number of rotatable bonds is 16. The van der Waals surface area contributed by atoms with E-state index in [0.29, 0.717) is 60.7 Å². The van der Waals surface area contributed by atoms with Gasteiger partial charge in [0.05, 0.1) is 68.7 Å². The predicted octanol–water partition coefficient (Wildman–Crippen LogP) is 6.31. The summed E-state index contributed by atoms with van der Waals surface area (Å²) in [6.45, 7) is 3.81. The van der Waals surface area contributed by atoms with Crippen molar-refractivity contribution in [2.45, 2.75) is 37.8 Å². The summed E-state index contributed by atoms with van der Waals surface area (Å²) in [5.74, 6) is 4.29. The first-order valence-electron chi connectivity index (χ1n) is 18.2. The van der Waals surface area contributed by atoms with Crippen LogP contribution in [0, 0.1) is 0 Å². The first-order valence-corrected chi connectivity index (χ1v) is 18.2. The van der Waals surface area contributed by atoms with E-state index >= 15 is 4.79 Å². The number of ether oxygens (including phenoxy) is 8. The van der Waals surface area contributed by atoms with Gasteiger partial charge in [-0.15, -0.1) is 0 Å². The van der Waals surface area contributed by atoms with Crippen LogP contribution in [-0.2, 0) is 30.7 Å². The van der Waals surface area contributed by atoms with Crippen molar-refractivity contribution in [3.63, 3.8) is 0 Å². The highest BCUT2D eigenvalue weighted by molar-refractivity contribution is 5.93. The molecule has 0 radical (unpaired) electrons. The van der Waals surface area contributed by atoms with Gasteiger partial charge >= 0.3 is 0 Å². The Balaban J connectivity index is 1.40. The van der Waals surface area contributed by atoms with Gasteiger partial charge in [0.15, 0.2) is 28.8 Å². The number of fused-ring (bicyclic) bond motifs is 2. The van der Waals surface area contributed by atoms with Crippen LogP contribution in [0.3, 0.4) is 0 Å². The molecule has 2 aliphatic rings. The van der Waals surface area contributed by atoms with E-state index in [4.69, 9.17) is 37.9 Å². The van der Waals surface area contributed by atoms with E-state index in [2.05, 4.69) is 34.1 Å². The SMILES string of the molecule is COc1ccc(C(CN2CCc3cc(OC)c(OC)cc3C2)C(=O)C(CN2CCc3cc(OC)c(OC)cc3C2)c2ccc(OC)cc2OC)c(OC)c1. The van der Waals surface area contributed by atoms with Crippen molar-refractivity contribution in [2.24, 2.45) is 0 Å². The molecule has 0 saturated carbocycles. The number of carbonyl (C=O) groups excluding carboxylic acids is 1. The molecular weight excluding hydrogens is 688 g/mol. The molecule has 0 spiro atoms. The fraction of sp³-hybridized carbons (Fsp3) is 0.419. The average molecular weight is 741 g/mol. The van der Waals surface area contributed by atoms with Gasteiger partial charge in [-0.2, -0.15) is 0 Å². The molecule has 2 atom stereocenters. The second kappa shape index (κ2) is 17.3. The number of benzene rings is 4. The summed E-state index contributed by atoms with van der Waals surface area (Å²) >= 11 is 0. The highest BCUT2D eigenvalue weighted by atomic mass is 16.5. The van der Waals surface area contributed by atoms with Crippen LogP contribution in [0.5, 0.6) is 46.0 Å². The molecule has 11 heteroatoms. The lowest BCUT2D eigenvalue weighted by atomic mass is 9.81. The molecule has 0 amide bonds. The molecular formula is C43H52N2O9. The Hall–Kier alpha value is -5.13. The van der Waals surface area contributed by atoms with E-state index in [1.807, 2.05) is 36.4 Å². The zero-order valence-electron chi connectivity index (χ0n) is 32.7. The monoisotopic (exact) mass is 740 g/mol. The zero-order valence-corrected chi connectivity index (χ0v) is 32.7. The van der Waals surface area contributed by atoms with Crippen LogP contribution in [0.4, 0.5) is 0 Å². The van der Waals surface area contributed by atoms with Crippen molar-refractivity contribution in [3.8, 4) is 46.0 Å². The van der Waals surface area contributed by atoms with Crippen molar-refractivity contribution in [3.05, 3.63) is 94.0 Å². The maximum absolute atomic E-state index is 15.6. The molecule has 0 fully saturated rings. The molecule has 11 nitrogen and oxygen atoms in total. The summed E-state index contributed by atoms with van der Waals surface area (Å²) in [5.41, 5.74) is 6.35. The molecule has 2 aliphatic heterocycles.